The molecule has 1 N–H and O–H groups in total. The van der Waals surface area contributed by atoms with Crippen LogP contribution in [-0.2, 0) is 16.1 Å². The van der Waals surface area contributed by atoms with Crippen LogP contribution < -0.4 is 5.32 Å². The van der Waals surface area contributed by atoms with Gasteiger partial charge in [-0.2, -0.15) is 0 Å². The third-order valence-electron chi connectivity index (χ3n) is 3.76. The molecule has 21 heavy (non-hydrogen) atoms. The molecule has 2 aliphatic heterocycles. The van der Waals surface area contributed by atoms with Crippen molar-refractivity contribution < 1.29 is 14.4 Å². The summed E-state index contributed by atoms with van der Waals surface area (Å²) in [7, 11) is 0. The van der Waals surface area contributed by atoms with Crippen molar-refractivity contribution in [2.24, 2.45) is 5.92 Å². The van der Waals surface area contributed by atoms with Gasteiger partial charge in [-0.1, -0.05) is 39.0 Å². The SMILES string of the molecule is CC.C[C@@H]1CC(=O)NC(=O)[C@H]1N1Cc2ccccc2C1=O. The summed E-state index contributed by atoms with van der Waals surface area (Å²) in [6.45, 7) is 6.27. The maximum atomic E-state index is 12.3. The Hall–Kier alpha value is -2.17. The quantitative estimate of drug-likeness (QED) is 0.800. The first-order chi connectivity index (χ1) is 10.1. The van der Waals surface area contributed by atoms with Crippen molar-refractivity contribution >= 4 is 17.7 Å². The molecule has 2 heterocycles. The molecular weight excluding hydrogens is 268 g/mol. The highest BCUT2D eigenvalue weighted by Crippen LogP contribution is 2.29. The Labute approximate surface area is 124 Å². The maximum Gasteiger partial charge on any atom is 0.255 e. The number of piperidine rings is 1. The molecule has 5 heteroatoms. The van der Waals surface area contributed by atoms with Gasteiger partial charge in [0.1, 0.15) is 6.04 Å². The van der Waals surface area contributed by atoms with Crippen LogP contribution in [0.3, 0.4) is 0 Å². The lowest BCUT2D eigenvalue weighted by atomic mass is 9.92. The van der Waals surface area contributed by atoms with Crippen LogP contribution in [0.2, 0.25) is 0 Å². The van der Waals surface area contributed by atoms with E-state index in [1.165, 1.54) is 0 Å². The van der Waals surface area contributed by atoms with Gasteiger partial charge in [0.05, 0.1) is 0 Å². The van der Waals surface area contributed by atoms with Crippen molar-refractivity contribution in [2.75, 3.05) is 0 Å². The molecule has 3 rings (SSSR count). The summed E-state index contributed by atoms with van der Waals surface area (Å²) >= 11 is 0. The van der Waals surface area contributed by atoms with Gasteiger partial charge in [0.25, 0.3) is 5.91 Å². The average molecular weight is 288 g/mol. The smallest absolute Gasteiger partial charge is 0.255 e. The van der Waals surface area contributed by atoms with E-state index in [0.29, 0.717) is 12.1 Å². The van der Waals surface area contributed by atoms with Gasteiger partial charge in [-0.3, -0.25) is 19.7 Å². The minimum Gasteiger partial charge on any atom is -0.322 e. The Morgan fingerprint density at radius 3 is 2.43 bits per heavy atom. The van der Waals surface area contributed by atoms with Crippen LogP contribution in [0.4, 0.5) is 0 Å². The fourth-order valence-corrected chi connectivity index (χ4v) is 2.88. The van der Waals surface area contributed by atoms with Crippen LogP contribution in [0.25, 0.3) is 0 Å². The number of hydrogen-bond acceptors (Lipinski definition) is 3. The second-order valence-corrected chi connectivity index (χ2v) is 5.13. The first kappa shape index (κ1) is 15.2. The molecule has 0 bridgehead atoms. The summed E-state index contributed by atoms with van der Waals surface area (Å²) in [5.74, 6) is -0.917. The molecule has 0 unspecified atom stereocenters. The van der Waals surface area contributed by atoms with Gasteiger partial charge in [0.15, 0.2) is 0 Å². The van der Waals surface area contributed by atoms with Crippen LogP contribution in [0.5, 0.6) is 0 Å². The van der Waals surface area contributed by atoms with Gasteiger partial charge in [0, 0.05) is 18.5 Å². The average Bonchev–Trinajstić information content (AvgIpc) is 2.78. The Morgan fingerprint density at radius 1 is 1.14 bits per heavy atom. The number of nitrogens with zero attached hydrogens (tertiary/aromatic N) is 1. The van der Waals surface area contributed by atoms with Crippen molar-refractivity contribution in [3.8, 4) is 0 Å². The number of imide groups is 1. The van der Waals surface area contributed by atoms with E-state index in [1.807, 2.05) is 39.0 Å². The van der Waals surface area contributed by atoms with E-state index in [1.54, 1.807) is 11.0 Å². The second-order valence-electron chi connectivity index (χ2n) is 5.13. The Kier molecular flexibility index (Phi) is 4.40. The largest absolute Gasteiger partial charge is 0.322 e. The Bertz CT molecular complexity index is 583. The molecule has 2 atom stereocenters. The van der Waals surface area contributed by atoms with Crippen LogP contribution in [-0.4, -0.2) is 28.7 Å². The van der Waals surface area contributed by atoms with Crippen LogP contribution in [0, 0.1) is 5.92 Å². The van der Waals surface area contributed by atoms with Gasteiger partial charge in [-0.15, -0.1) is 0 Å². The van der Waals surface area contributed by atoms with E-state index >= 15 is 0 Å². The van der Waals surface area contributed by atoms with Gasteiger partial charge in [-0.05, 0) is 17.5 Å². The molecular formula is C16H20N2O3. The molecule has 1 aromatic carbocycles. The van der Waals surface area contributed by atoms with E-state index in [2.05, 4.69) is 5.32 Å². The summed E-state index contributed by atoms with van der Waals surface area (Å²) in [4.78, 5) is 37.2. The number of benzene rings is 1. The van der Waals surface area contributed by atoms with E-state index in [4.69, 9.17) is 0 Å². The number of rotatable bonds is 1. The maximum absolute atomic E-state index is 12.3. The highest BCUT2D eigenvalue weighted by molar-refractivity contribution is 6.05. The summed E-state index contributed by atoms with van der Waals surface area (Å²) in [5, 5.41) is 2.31. The zero-order valence-electron chi connectivity index (χ0n) is 12.6. The molecule has 2 aliphatic rings. The summed E-state index contributed by atoms with van der Waals surface area (Å²) in [5.41, 5.74) is 1.59. The van der Waals surface area contributed by atoms with E-state index < -0.39 is 6.04 Å². The third-order valence-corrected chi connectivity index (χ3v) is 3.76. The fraction of sp³-hybridized carbons (Fsp3) is 0.438. The van der Waals surface area contributed by atoms with E-state index in [9.17, 15) is 14.4 Å². The molecule has 0 radical (unpaired) electrons. The van der Waals surface area contributed by atoms with Gasteiger partial charge >= 0.3 is 0 Å². The zero-order valence-corrected chi connectivity index (χ0v) is 12.6. The minimum absolute atomic E-state index is 0.128. The van der Waals surface area contributed by atoms with Gasteiger partial charge < -0.3 is 4.90 Å². The van der Waals surface area contributed by atoms with Crippen molar-refractivity contribution in [3.05, 3.63) is 35.4 Å². The third kappa shape index (κ3) is 2.68. The first-order valence-corrected chi connectivity index (χ1v) is 7.30. The summed E-state index contributed by atoms with van der Waals surface area (Å²) < 4.78 is 0. The van der Waals surface area contributed by atoms with Crippen molar-refractivity contribution in [1.82, 2.24) is 10.2 Å². The summed E-state index contributed by atoms with van der Waals surface area (Å²) in [6.07, 6.45) is 0.274. The molecule has 0 saturated carbocycles. The monoisotopic (exact) mass is 288 g/mol. The van der Waals surface area contributed by atoms with Gasteiger partial charge in [-0.25, -0.2) is 0 Å². The predicted molar refractivity (Wildman–Crippen MR) is 78.4 cm³/mol. The molecule has 0 spiro atoms. The van der Waals surface area contributed by atoms with Crippen LogP contribution >= 0.6 is 0 Å². The van der Waals surface area contributed by atoms with Crippen molar-refractivity contribution in [3.63, 3.8) is 0 Å². The van der Waals surface area contributed by atoms with E-state index in [0.717, 1.165) is 5.56 Å². The van der Waals surface area contributed by atoms with Crippen molar-refractivity contribution in [1.29, 1.82) is 0 Å². The highest BCUT2D eigenvalue weighted by Gasteiger charge is 2.42. The molecule has 0 aliphatic carbocycles. The van der Waals surface area contributed by atoms with Crippen molar-refractivity contribution in [2.45, 2.75) is 39.8 Å². The van der Waals surface area contributed by atoms with Gasteiger partial charge in [0.2, 0.25) is 11.8 Å². The van der Waals surface area contributed by atoms with Crippen LogP contribution in [0.15, 0.2) is 24.3 Å². The molecule has 1 fully saturated rings. The lowest BCUT2D eigenvalue weighted by Crippen LogP contribution is -2.56. The molecule has 3 amide bonds. The molecule has 1 saturated heterocycles. The van der Waals surface area contributed by atoms with Crippen LogP contribution in [0.1, 0.15) is 43.1 Å². The number of fused-ring (bicyclic) bond motifs is 1. The number of carbonyl (C=O) groups excluding carboxylic acids is 3. The lowest BCUT2D eigenvalue weighted by molar-refractivity contribution is -0.139. The minimum atomic E-state index is -0.558. The Morgan fingerprint density at radius 2 is 1.81 bits per heavy atom. The standard InChI is InChI=1S/C14H14N2O3.C2H6/c1-8-6-11(17)15-13(18)12(8)16-7-9-4-2-3-5-10(9)14(16)19;1-2/h2-5,8,12H,6-7H2,1H3,(H,15,17,18);1-2H3/t8-,12+;/m1./s1. The number of nitrogens with one attached hydrogen (secondary N) is 1. The fourth-order valence-electron chi connectivity index (χ4n) is 2.88. The topological polar surface area (TPSA) is 66.5 Å². The molecule has 1 aromatic rings. The number of carbonyl (C=O) groups is 3. The predicted octanol–water partition coefficient (Wildman–Crippen LogP) is 1.72. The normalized spacial score (nSPS) is 24.1. The zero-order chi connectivity index (χ0) is 15.6. The molecule has 112 valence electrons. The lowest BCUT2D eigenvalue weighted by Gasteiger charge is -2.34. The number of hydrogen-bond donors (Lipinski definition) is 1. The second kappa shape index (κ2) is 6.08. The first-order valence-electron chi connectivity index (χ1n) is 7.30. The summed E-state index contributed by atoms with van der Waals surface area (Å²) in [6, 6.07) is 6.80. The molecule has 5 nitrogen and oxygen atoms in total. The molecule has 0 aromatic heterocycles. The number of amides is 3. The Balaban J connectivity index is 0.000000774. The highest BCUT2D eigenvalue weighted by atomic mass is 16.2. The van der Waals surface area contributed by atoms with E-state index in [-0.39, 0.29) is 30.1 Å².